The van der Waals surface area contributed by atoms with E-state index in [1.54, 1.807) is 18.2 Å². The highest BCUT2D eigenvalue weighted by Crippen LogP contribution is 2.28. The van der Waals surface area contributed by atoms with Gasteiger partial charge in [0.1, 0.15) is 18.2 Å². The van der Waals surface area contributed by atoms with E-state index < -0.39 is 6.10 Å². The van der Waals surface area contributed by atoms with E-state index in [-0.39, 0.29) is 12.4 Å². The van der Waals surface area contributed by atoms with Gasteiger partial charge in [-0.05, 0) is 34.5 Å². The number of hydrogen-bond donors (Lipinski definition) is 1. The first-order valence-corrected chi connectivity index (χ1v) is 7.25. The van der Waals surface area contributed by atoms with Gasteiger partial charge in [0.15, 0.2) is 0 Å². The van der Waals surface area contributed by atoms with Crippen molar-refractivity contribution in [3.8, 4) is 5.75 Å². The number of rotatable bonds is 5. The zero-order valence-corrected chi connectivity index (χ0v) is 12.7. The quantitative estimate of drug-likeness (QED) is 0.862. The molecule has 20 heavy (non-hydrogen) atoms. The molecule has 2 nitrogen and oxygen atoms in total. The van der Waals surface area contributed by atoms with Crippen molar-refractivity contribution in [3.05, 3.63) is 63.9 Å². The largest absolute Gasteiger partial charge is 0.488 e. The van der Waals surface area contributed by atoms with E-state index in [0.29, 0.717) is 16.6 Å². The normalized spacial score (nSPS) is 12.2. The molecule has 1 N–H and O–H groups in total. The van der Waals surface area contributed by atoms with Crippen molar-refractivity contribution < 1.29 is 14.2 Å². The van der Waals surface area contributed by atoms with Gasteiger partial charge in [0, 0.05) is 11.1 Å². The second-order valence-electron chi connectivity index (χ2n) is 4.46. The minimum atomic E-state index is -0.554. The Balaban J connectivity index is 2.17. The molecule has 4 heteroatoms. The van der Waals surface area contributed by atoms with Crippen LogP contribution in [-0.2, 0) is 6.61 Å². The molecule has 0 aliphatic heterocycles. The molecular weight excluding hydrogens is 323 g/mol. The molecule has 0 amide bonds. The third-order valence-electron chi connectivity index (χ3n) is 3.08. The van der Waals surface area contributed by atoms with E-state index in [4.69, 9.17) is 4.74 Å². The van der Waals surface area contributed by atoms with Crippen molar-refractivity contribution >= 4 is 15.9 Å². The van der Waals surface area contributed by atoms with Crippen LogP contribution in [0.3, 0.4) is 0 Å². The summed E-state index contributed by atoms with van der Waals surface area (Å²) in [7, 11) is 0. The second-order valence-corrected chi connectivity index (χ2v) is 5.26. The molecule has 0 saturated heterocycles. The molecule has 0 unspecified atom stereocenters. The van der Waals surface area contributed by atoms with Crippen LogP contribution in [-0.4, -0.2) is 5.11 Å². The van der Waals surface area contributed by atoms with Gasteiger partial charge in [0.05, 0.1) is 10.6 Å². The van der Waals surface area contributed by atoms with Crippen LogP contribution in [0.15, 0.2) is 46.9 Å². The molecule has 0 radical (unpaired) electrons. The summed E-state index contributed by atoms with van der Waals surface area (Å²) in [4.78, 5) is 0. The third-order valence-corrected chi connectivity index (χ3v) is 3.97. The first-order valence-electron chi connectivity index (χ1n) is 6.46. The molecule has 106 valence electrons. The lowest BCUT2D eigenvalue weighted by Crippen LogP contribution is -2.03. The summed E-state index contributed by atoms with van der Waals surface area (Å²) >= 11 is 3.21. The van der Waals surface area contributed by atoms with E-state index >= 15 is 0 Å². The van der Waals surface area contributed by atoms with Crippen molar-refractivity contribution in [2.45, 2.75) is 26.1 Å². The average Bonchev–Trinajstić information content (AvgIpc) is 2.48. The van der Waals surface area contributed by atoms with Gasteiger partial charge in [-0.25, -0.2) is 4.39 Å². The molecule has 2 rings (SSSR count). The van der Waals surface area contributed by atoms with Crippen molar-refractivity contribution in [2.24, 2.45) is 0 Å². The predicted molar refractivity (Wildman–Crippen MR) is 80.1 cm³/mol. The van der Waals surface area contributed by atoms with Crippen LogP contribution < -0.4 is 4.74 Å². The summed E-state index contributed by atoms with van der Waals surface area (Å²) in [6.45, 7) is 2.15. The van der Waals surface area contributed by atoms with Crippen molar-refractivity contribution in [3.63, 3.8) is 0 Å². The minimum Gasteiger partial charge on any atom is -0.488 e. The van der Waals surface area contributed by atoms with Crippen LogP contribution in [0.25, 0.3) is 0 Å². The van der Waals surface area contributed by atoms with Crippen molar-refractivity contribution in [1.82, 2.24) is 0 Å². The van der Waals surface area contributed by atoms with Gasteiger partial charge in [-0.15, -0.1) is 0 Å². The lowest BCUT2D eigenvalue weighted by atomic mass is 10.1. The molecule has 0 spiro atoms. The molecule has 0 bridgehead atoms. The van der Waals surface area contributed by atoms with Gasteiger partial charge < -0.3 is 9.84 Å². The number of para-hydroxylation sites is 1. The molecule has 0 saturated carbocycles. The summed E-state index contributed by atoms with van der Waals surface area (Å²) in [5.74, 6) is 0.311. The van der Waals surface area contributed by atoms with E-state index in [1.165, 1.54) is 6.07 Å². The zero-order valence-electron chi connectivity index (χ0n) is 11.1. The zero-order chi connectivity index (χ0) is 14.5. The van der Waals surface area contributed by atoms with Crippen molar-refractivity contribution in [1.29, 1.82) is 0 Å². The summed E-state index contributed by atoms with van der Waals surface area (Å²) in [5.41, 5.74) is 1.48. The van der Waals surface area contributed by atoms with Crippen LogP contribution in [0, 0.1) is 5.82 Å². The van der Waals surface area contributed by atoms with Crippen LogP contribution in [0.4, 0.5) is 4.39 Å². The topological polar surface area (TPSA) is 29.5 Å². The smallest absolute Gasteiger partial charge is 0.137 e. The lowest BCUT2D eigenvalue weighted by Gasteiger charge is -2.15. The van der Waals surface area contributed by atoms with Gasteiger partial charge in [-0.1, -0.05) is 37.3 Å². The first-order chi connectivity index (χ1) is 9.63. The molecule has 2 aromatic carbocycles. The van der Waals surface area contributed by atoms with Gasteiger partial charge >= 0.3 is 0 Å². The highest BCUT2D eigenvalue weighted by atomic mass is 79.9. The summed E-state index contributed by atoms with van der Waals surface area (Å²) < 4.78 is 19.6. The van der Waals surface area contributed by atoms with Crippen LogP contribution in [0.1, 0.15) is 30.6 Å². The Labute approximate surface area is 126 Å². The fourth-order valence-corrected chi connectivity index (χ4v) is 2.30. The van der Waals surface area contributed by atoms with E-state index in [1.807, 2.05) is 25.1 Å². The maximum absolute atomic E-state index is 13.4. The summed E-state index contributed by atoms with van der Waals surface area (Å²) in [5, 5.41) is 9.96. The fourth-order valence-electron chi connectivity index (χ4n) is 1.92. The third kappa shape index (κ3) is 3.38. The minimum absolute atomic E-state index is 0.242. The number of benzene rings is 2. The Morgan fingerprint density at radius 3 is 2.70 bits per heavy atom. The summed E-state index contributed by atoms with van der Waals surface area (Å²) in [6.07, 6.45) is 0.0615. The SMILES string of the molecule is CC[C@@H](O)c1ccccc1OCc1cccc(F)c1Br. The number of halogens is 2. The monoisotopic (exact) mass is 338 g/mol. The molecule has 0 aromatic heterocycles. The maximum atomic E-state index is 13.4. The number of ether oxygens (including phenoxy) is 1. The Morgan fingerprint density at radius 1 is 1.20 bits per heavy atom. The molecule has 1 atom stereocenters. The number of aliphatic hydroxyl groups is 1. The van der Waals surface area contributed by atoms with Crippen molar-refractivity contribution in [2.75, 3.05) is 0 Å². The predicted octanol–water partition coefficient (Wildman–Crippen LogP) is 4.61. The second kappa shape index (κ2) is 6.86. The van der Waals surface area contributed by atoms with Crippen LogP contribution in [0.2, 0.25) is 0 Å². The number of hydrogen-bond acceptors (Lipinski definition) is 2. The highest BCUT2D eigenvalue weighted by Gasteiger charge is 2.12. The average molecular weight is 339 g/mol. The Morgan fingerprint density at radius 2 is 1.95 bits per heavy atom. The lowest BCUT2D eigenvalue weighted by molar-refractivity contribution is 0.166. The highest BCUT2D eigenvalue weighted by molar-refractivity contribution is 9.10. The Bertz CT molecular complexity index is 586. The van der Waals surface area contributed by atoms with Gasteiger partial charge in [-0.3, -0.25) is 0 Å². The first kappa shape index (κ1) is 15.0. The van der Waals surface area contributed by atoms with Gasteiger partial charge in [-0.2, -0.15) is 0 Å². The van der Waals surface area contributed by atoms with Crippen LogP contribution >= 0.6 is 15.9 Å². The number of aliphatic hydroxyl groups excluding tert-OH is 1. The maximum Gasteiger partial charge on any atom is 0.137 e. The van der Waals surface area contributed by atoms with Gasteiger partial charge in [0.25, 0.3) is 0 Å². The fraction of sp³-hybridized carbons (Fsp3) is 0.250. The standard InChI is InChI=1S/C16H16BrFO2/c1-2-14(19)12-7-3-4-9-15(12)20-10-11-6-5-8-13(18)16(11)17/h3-9,14,19H,2,10H2,1H3/t14-/m1/s1. The molecule has 0 aliphatic rings. The summed E-state index contributed by atoms with van der Waals surface area (Å²) in [6, 6.07) is 12.2. The molecule has 0 fully saturated rings. The Kier molecular flexibility index (Phi) is 5.15. The Hall–Kier alpha value is -1.39. The molecule has 0 aliphatic carbocycles. The molecular formula is C16H16BrFO2. The van der Waals surface area contributed by atoms with Crippen LogP contribution in [0.5, 0.6) is 5.75 Å². The van der Waals surface area contributed by atoms with E-state index in [9.17, 15) is 9.50 Å². The molecule has 2 aromatic rings. The van der Waals surface area contributed by atoms with E-state index in [2.05, 4.69) is 15.9 Å². The van der Waals surface area contributed by atoms with Gasteiger partial charge in [0.2, 0.25) is 0 Å². The molecule has 0 heterocycles. The van der Waals surface area contributed by atoms with E-state index in [0.717, 1.165) is 11.1 Å².